The average molecular weight is 210 g/mol. The fourth-order valence-electron chi connectivity index (χ4n) is 2.63. The van der Waals surface area contributed by atoms with E-state index in [0.29, 0.717) is 5.41 Å². The summed E-state index contributed by atoms with van der Waals surface area (Å²) >= 11 is 0. The van der Waals surface area contributed by atoms with Crippen LogP contribution in [-0.4, -0.2) is 25.7 Å². The van der Waals surface area contributed by atoms with Crippen LogP contribution in [0.25, 0.3) is 0 Å². The summed E-state index contributed by atoms with van der Waals surface area (Å²) in [6, 6.07) is 0.731. The Kier molecular flexibility index (Phi) is 3.68. The molecule has 1 heterocycles. The molecule has 2 N–H and O–H groups in total. The molecule has 0 aromatic heterocycles. The van der Waals surface area contributed by atoms with Crippen molar-refractivity contribution in [1.29, 1.82) is 0 Å². The van der Waals surface area contributed by atoms with Crippen LogP contribution in [0.2, 0.25) is 0 Å². The van der Waals surface area contributed by atoms with Crippen LogP contribution < -0.4 is 10.6 Å². The minimum absolute atomic E-state index is 0.629. The highest BCUT2D eigenvalue weighted by atomic mass is 15.0. The van der Waals surface area contributed by atoms with Gasteiger partial charge in [0.15, 0.2) is 0 Å². The van der Waals surface area contributed by atoms with Crippen molar-refractivity contribution < 1.29 is 0 Å². The Bertz CT molecular complexity index is 193. The third kappa shape index (κ3) is 3.46. The zero-order valence-corrected chi connectivity index (χ0v) is 10.3. The van der Waals surface area contributed by atoms with Gasteiger partial charge in [0.25, 0.3) is 0 Å². The Morgan fingerprint density at radius 1 is 1.20 bits per heavy atom. The molecule has 2 nitrogen and oxygen atoms in total. The molecule has 0 aromatic carbocycles. The molecule has 0 bridgehead atoms. The quantitative estimate of drug-likeness (QED) is 0.743. The van der Waals surface area contributed by atoms with Crippen LogP contribution in [0.3, 0.4) is 0 Å². The zero-order valence-electron chi connectivity index (χ0n) is 10.3. The van der Waals surface area contributed by atoms with E-state index in [4.69, 9.17) is 0 Å². The van der Waals surface area contributed by atoms with E-state index in [1.807, 2.05) is 0 Å². The summed E-state index contributed by atoms with van der Waals surface area (Å²) in [5.74, 6) is 0.934. The third-order valence-corrected chi connectivity index (χ3v) is 4.16. The Labute approximate surface area is 94.2 Å². The first-order chi connectivity index (χ1) is 7.18. The molecule has 2 heteroatoms. The van der Waals surface area contributed by atoms with Gasteiger partial charge in [-0.05, 0) is 43.7 Å². The first-order valence-corrected chi connectivity index (χ1v) is 6.62. The molecule has 0 amide bonds. The minimum Gasteiger partial charge on any atom is -0.315 e. The van der Waals surface area contributed by atoms with E-state index >= 15 is 0 Å². The van der Waals surface area contributed by atoms with Crippen LogP contribution in [0.5, 0.6) is 0 Å². The lowest BCUT2D eigenvalue weighted by Crippen LogP contribution is -2.38. The normalized spacial score (nSPS) is 34.8. The molecule has 2 atom stereocenters. The molecular weight excluding hydrogens is 184 g/mol. The van der Waals surface area contributed by atoms with E-state index < -0.39 is 0 Å². The maximum absolute atomic E-state index is 3.64. The van der Waals surface area contributed by atoms with Crippen LogP contribution in [0, 0.1) is 11.3 Å². The molecule has 1 aliphatic heterocycles. The largest absolute Gasteiger partial charge is 0.315 e. The highest BCUT2D eigenvalue weighted by Crippen LogP contribution is 2.50. The summed E-state index contributed by atoms with van der Waals surface area (Å²) in [6.07, 6.45) is 6.97. The predicted molar refractivity (Wildman–Crippen MR) is 65.0 cm³/mol. The number of hydrogen-bond acceptors (Lipinski definition) is 2. The van der Waals surface area contributed by atoms with E-state index in [2.05, 4.69) is 24.5 Å². The lowest BCUT2D eigenvalue weighted by molar-refractivity contribution is 0.447. The standard InChI is InChI=1S/C13H26N2/c1-13(2)8-11(13)9-14-10-12-6-4-3-5-7-15-12/h11-12,14-15H,3-10H2,1-2H3. The molecule has 0 radical (unpaired) electrons. The van der Waals surface area contributed by atoms with Gasteiger partial charge in [0.05, 0.1) is 0 Å². The molecule has 2 unspecified atom stereocenters. The first kappa shape index (κ1) is 11.4. The van der Waals surface area contributed by atoms with Crippen LogP contribution >= 0.6 is 0 Å². The predicted octanol–water partition coefficient (Wildman–Crippen LogP) is 2.15. The SMILES string of the molecule is CC1(C)CC1CNCC1CCCCCN1. The molecule has 0 aromatic rings. The molecule has 2 rings (SSSR count). The van der Waals surface area contributed by atoms with Crippen LogP contribution in [0.1, 0.15) is 46.0 Å². The van der Waals surface area contributed by atoms with Gasteiger partial charge in [-0.15, -0.1) is 0 Å². The van der Waals surface area contributed by atoms with Gasteiger partial charge in [-0.1, -0.05) is 26.7 Å². The average Bonchev–Trinajstić information content (AvgIpc) is 2.86. The van der Waals surface area contributed by atoms with Crippen LogP contribution in [0.4, 0.5) is 0 Å². The minimum atomic E-state index is 0.629. The fraction of sp³-hybridized carbons (Fsp3) is 1.00. The number of rotatable bonds is 4. The topological polar surface area (TPSA) is 24.1 Å². The van der Waals surface area contributed by atoms with Gasteiger partial charge in [0.2, 0.25) is 0 Å². The van der Waals surface area contributed by atoms with Crippen molar-refractivity contribution in [3.63, 3.8) is 0 Å². The number of hydrogen-bond donors (Lipinski definition) is 2. The highest BCUT2D eigenvalue weighted by Gasteiger charge is 2.44. The summed E-state index contributed by atoms with van der Waals surface area (Å²) < 4.78 is 0. The van der Waals surface area contributed by atoms with Crippen molar-refractivity contribution in [2.45, 2.75) is 52.0 Å². The molecule has 1 saturated carbocycles. The van der Waals surface area contributed by atoms with Crippen molar-refractivity contribution in [2.24, 2.45) is 11.3 Å². The van der Waals surface area contributed by atoms with Crippen LogP contribution in [0.15, 0.2) is 0 Å². The van der Waals surface area contributed by atoms with E-state index in [9.17, 15) is 0 Å². The summed E-state index contributed by atoms with van der Waals surface area (Å²) in [5, 5.41) is 7.27. The van der Waals surface area contributed by atoms with Crippen molar-refractivity contribution in [3.8, 4) is 0 Å². The fourth-order valence-corrected chi connectivity index (χ4v) is 2.63. The van der Waals surface area contributed by atoms with E-state index in [1.165, 1.54) is 51.7 Å². The summed E-state index contributed by atoms with van der Waals surface area (Å²) in [6.45, 7) is 8.38. The molecular formula is C13H26N2. The second-order valence-electron chi connectivity index (χ2n) is 6.05. The van der Waals surface area contributed by atoms with E-state index in [-0.39, 0.29) is 0 Å². The summed E-state index contributed by atoms with van der Waals surface area (Å²) in [4.78, 5) is 0. The summed E-state index contributed by atoms with van der Waals surface area (Å²) in [5.41, 5.74) is 0.629. The third-order valence-electron chi connectivity index (χ3n) is 4.16. The van der Waals surface area contributed by atoms with Gasteiger partial charge >= 0.3 is 0 Å². The molecule has 1 aliphatic carbocycles. The molecule has 2 fully saturated rings. The lowest BCUT2D eigenvalue weighted by Gasteiger charge is -2.16. The Balaban J connectivity index is 1.57. The van der Waals surface area contributed by atoms with Crippen molar-refractivity contribution >= 4 is 0 Å². The second-order valence-corrected chi connectivity index (χ2v) is 6.05. The lowest BCUT2D eigenvalue weighted by atomic mass is 10.1. The molecule has 1 saturated heterocycles. The molecule has 15 heavy (non-hydrogen) atoms. The van der Waals surface area contributed by atoms with Gasteiger partial charge in [-0.3, -0.25) is 0 Å². The van der Waals surface area contributed by atoms with E-state index in [0.717, 1.165) is 12.0 Å². The Morgan fingerprint density at radius 2 is 2.00 bits per heavy atom. The number of nitrogens with one attached hydrogen (secondary N) is 2. The zero-order chi connectivity index (χ0) is 10.7. The monoisotopic (exact) mass is 210 g/mol. The Morgan fingerprint density at radius 3 is 2.73 bits per heavy atom. The molecule has 0 spiro atoms. The van der Waals surface area contributed by atoms with Crippen molar-refractivity contribution in [3.05, 3.63) is 0 Å². The second kappa shape index (κ2) is 4.84. The van der Waals surface area contributed by atoms with Crippen molar-refractivity contribution in [1.82, 2.24) is 10.6 Å². The van der Waals surface area contributed by atoms with Crippen molar-refractivity contribution in [2.75, 3.05) is 19.6 Å². The molecule has 2 aliphatic rings. The van der Waals surface area contributed by atoms with Gasteiger partial charge < -0.3 is 10.6 Å². The highest BCUT2D eigenvalue weighted by molar-refractivity contribution is 4.96. The maximum atomic E-state index is 3.64. The summed E-state index contributed by atoms with van der Waals surface area (Å²) in [7, 11) is 0. The van der Waals surface area contributed by atoms with Gasteiger partial charge in [0, 0.05) is 12.6 Å². The van der Waals surface area contributed by atoms with Gasteiger partial charge in [-0.25, -0.2) is 0 Å². The maximum Gasteiger partial charge on any atom is 0.0192 e. The van der Waals surface area contributed by atoms with E-state index in [1.54, 1.807) is 0 Å². The van der Waals surface area contributed by atoms with Crippen LogP contribution in [-0.2, 0) is 0 Å². The Hall–Kier alpha value is -0.0800. The molecule has 88 valence electrons. The first-order valence-electron chi connectivity index (χ1n) is 6.62. The van der Waals surface area contributed by atoms with Gasteiger partial charge in [0.1, 0.15) is 0 Å². The van der Waals surface area contributed by atoms with Gasteiger partial charge in [-0.2, -0.15) is 0 Å². The smallest absolute Gasteiger partial charge is 0.0192 e.